The zero-order valence-electron chi connectivity index (χ0n) is 12.2. The average Bonchev–Trinajstić information content (AvgIpc) is 3.25. The van der Waals surface area contributed by atoms with Gasteiger partial charge in [0.25, 0.3) is 5.91 Å². The van der Waals surface area contributed by atoms with Crippen LogP contribution in [-0.4, -0.2) is 52.8 Å². The van der Waals surface area contributed by atoms with E-state index in [1.54, 1.807) is 4.90 Å². The molecule has 0 aromatic carbocycles. The van der Waals surface area contributed by atoms with Gasteiger partial charge in [0, 0.05) is 31.3 Å². The van der Waals surface area contributed by atoms with E-state index < -0.39 is 5.76 Å². The summed E-state index contributed by atoms with van der Waals surface area (Å²) in [4.78, 5) is 39.1. The van der Waals surface area contributed by atoms with E-state index in [1.807, 2.05) is 11.8 Å². The van der Waals surface area contributed by atoms with E-state index in [0.717, 1.165) is 30.6 Å². The highest BCUT2D eigenvalue weighted by Gasteiger charge is 2.29. The summed E-state index contributed by atoms with van der Waals surface area (Å²) in [5.41, 5.74) is 0.178. The monoisotopic (exact) mass is 325 g/mol. The molecule has 2 atom stereocenters. The lowest BCUT2D eigenvalue weighted by Gasteiger charge is -2.16. The second-order valence-electron chi connectivity index (χ2n) is 5.77. The number of nitrogens with zero attached hydrogens (tertiary/aromatic N) is 1. The SMILES string of the molecule is O=C(NC[C@H]1CCN(C(=O)c2coc(=O)[nH]2)C1)C1CCSC1. The molecule has 1 aromatic heterocycles. The van der Waals surface area contributed by atoms with E-state index in [1.165, 1.54) is 0 Å². The van der Waals surface area contributed by atoms with Crippen molar-refractivity contribution in [2.75, 3.05) is 31.1 Å². The molecule has 3 heterocycles. The quantitative estimate of drug-likeness (QED) is 0.830. The molecular weight excluding hydrogens is 306 g/mol. The molecule has 1 aromatic rings. The summed E-state index contributed by atoms with van der Waals surface area (Å²) in [6.45, 7) is 1.82. The molecule has 0 saturated carbocycles. The molecule has 7 nitrogen and oxygen atoms in total. The Labute approximate surface area is 131 Å². The molecule has 0 spiro atoms. The van der Waals surface area contributed by atoms with E-state index >= 15 is 0 Å². The summed E-state index contributed by atoms with van der Waals surface area (Å²) < 4.78 is 4.59. The van der Waals surface area contributed by atoms with E-state index in [4.69, 9.17) is 0 Å². The van der Waals surface area contributed by atoms with Crippen LogP contribution in [0.25, 0.3) is 0 Å². The van der Waals surface area contributed by atoms with Crippen LogP contribution in [0.4, 0.5) is 0 Å². The summed E-state index contributed by atoms with van der Waals surface area (Å²) >= 11 is 1.82. The average molecular weight is 325 g/mol. The van der Waals surface area contributed by atoms with E-state index in [0.29, 0.717) is 19.6 Å². The Morgan fingerprint density at radius 2 is 2.32 bits per heavy atom. The predicted octanol–water partition coefficient (Wildman–Crippen LogP) is 0.299. The molecule has 0 radical (unpaired) electrons. The summed E-state index contributed by atoms with van der Waals surface area (Å²) in [5, 5.41) is 3.00. The first-order chi connectivity index (χ1) is 10.6. The number of oxazole rings is 1. The Kier molecular flexibility index (Phi) is 4.56. The zero-order chi connectivity index (χ0) is 15.5. The second kappa shape index (κ2) is 6.60. The molecule has 1 unspecified atom stereocenters. The van der Waals surface area contributed by atoms with Crippen LogP contribution >= 0.6 is 11.8 Å². The zero-order valence-corrected chi connectivity index (χ0v) is 13.0. The first-order valence-corrected chi connectivity index (χ1v) is 8.61. The van der Waals surface area contributed by atoms with Gasteiger partial charge in [-0.1, -0.05) is 0 Å². The molecule has 2 N–H and O–H groups in total. The van der Waals surface area contributed by atoms with Crippen molar-refractivity contribution in [1.82, 2.24) is 15.2 Å². The Bertz CT molecular complexity index is 605. The number of carbonyl (C=O) groups is 2. The van der Waals surface area contributed by atoms with Gasteiger partial charge in [-0.15, -0.1) is 0 Å². The lowest BCUT2D eigenvalue weighted by Crippen LogP contribution is -2.36. The maximum atomic E-state index is 12.2. The number of carbonyl (C=O) groups excluding carboxylic acids is 2. The van der Waals surface area contributed by atoms with Crippen molar-refractivity contribution < 1.29 is 14.0 Å². The molecule has 2 aliphatic rings. The van der Waals surface area contributed by atoms with Crippen LogP contribution in [0.5, 0.6) is 0 Å². The highest BCUT2D eigenvalue weighted by Crippen LogP contribution is 2.23. The fourth-order valence-electron chi connectivity index (χ4n) is 2.87. The maximum absolute atomic E-state index is 12.2. The fourth-order valence-corrected chi connectivity index (χ4v) is 4.09. The van der Waals surface area contributed by atoms with Crippen LogP contribution in [0.1, 0.15) is 23.3 Å². The molecular formula is C14H19N3O4S. The highest BCUT2D eigenvalue weighted by atomic mass is 32.2. The molecule has 2 saturated heterocycles. The topological polar surface area (TPSA) is 95.4 Å². The number of nitrogens with one attached hydrogen (secondary N) is 2. The van der Waals surface area contributed by atoms with Crippen LogP contribution in [-0.2, 0) is 4.79 Å². The standard InChI is InChI=1S/C14H19N3O4S/c18-12(10-2-4-22-8-10)15-5-9-1-3-17(6-9)13(19)11-7-21-14(20)16-11/h7,9-10H,1-6,8H2,(H,15,18)(H,16,20)/t9-,10?/m1/s1. The number of amides is 2. The number of rotatable bonds is 4. The van der Waals surface area contributed by atoms with Gasteiger partial charge in [0.2, 0.25) is 5.91 Å². The normalized spacial score (nSPS) is 24.6. The lowest BCUT2D eigenvalue weighted by atomic mass is 10.1. The molecule has 2 amide bonds. The van der Waals surface area contributed by atoms with Crippen molar-refractivity contribution in [3.63, 3.8) is 0 Å². The van der Waals surface area contributed by atoms with Crippen molar-refractivity contribution in [3.8, 4) is 0 Å². The van der Waals surface area contributed by atoms with E-state index in [-0.39, 0.29) is 29.3 Å². The number of hydrogen-bond donors (Lipinski definition) is 2. The fraction of sp³-hybridized carbons (Fsp3) is 0.643. The Morgan fingerprint density at radius 3 is 3.00 bits per heavy atom. The predicted molar refractivity (Wildman–Crippen MR) is 81.8 cm³/mol. The van der Waals surface area contributed by atoms with Crippen molar-refractivity contribution >= 4 is 23.6 Å². The van der Waals surface area contributed by atoms with E-state index in [9.17, 15) is 14.4 Å². The van der Waals surface area contributed by atoms with Gasteiger partial charge >= 0.3 is 5.76 Å². The molecule has 8 heteroatoms. The number of aromatic nitrogens is 1. The van der Waals surface area contributed by atoms with Gasteiger partial charge in [0.15, 0.2) is 0 Å². The van der Waals surface area contributed by atoms with Crippen molar-refractivity contribution in [2.24, 2.45) is 11.8 Å². The number of aromatic amines is 1. The molecule has 2 aliphatic heterocycles. The summed E-state index contributed by atoms with van der Waals surface area (Å²) in [5.74, 6) is 1.66. The van der Waals surface area contributed by atoms with Crippen LogP contribution in [0.3, 0.4) is 0 Å². The summed E-state index contributed by atoms with van der Waals surface area (Å²) in [7, 11) is 0. The molecule has 0 aliphatic carbocycles. The maximum Gasteiger partial charge on any atom is 0.416 e. The molecule has 3 rings (SSSR count). The summed E-state index contributed by atoms with van der Waals surface area (Å²) in [6.07, 6.45) is 2.96. The lowest BCUT2D eigenvalue weighted by molar-refractivity contribution is -0.124. The van der Waals surface area contributed by atoms with Gasteiger partial charge in [0.1, 0.15) is 12.0 Å². The molecule has 120 valence electrons. The van der Waals surface area contributed by atoms with Gasteiger partial charge in [-0.25, -0.2) is 4.79 Å². The van der Waals surface area contributed by atoms with Gasteiger partial charge < -0.3 is 14.6 Å². The van der Waals surface area contributed by atoms with Crippen molar-refractivity contribution in [2.45, 2.75) is 12.8 Å². The third kappa shape index (κ3) is 3.37. The molecule has 22 heavy (non-hydrogen) atoms. The Hall–Kier alpha value is -1.70. The van der Waals surface area contributed by atoms with Crippen LogP contribution < -0.4 is 11.1 Å². The highest BCUT2D eigenvalue weighted by molar-refractivity contribution is 7.99. The van der Waals surface area contributed by atoms with Gasteiger partial charge in [-0.05, 0) is 24.5 Å². The minimum atomic E-state index is -0.624. The Morgan fingerprint density at radius 1 is 1.45 bits per heavy atom. The van der Waals surface area contributed by atoms with Gasteiger partial charge in [-0.3, -0.25) is 14.6 Å². The largest absolute Gasteiger partial charge is 0.416 e. The minimum absolute atomic E-state index is 0.133. The molecule has 2 fully saturated rings. The first-order valence-electron chi connectivity index (χ1n) is 7.46. The number of H-pyrrole nitrogens is 1. The van der Waals surface area contributed by atoms with Crippen molar-refractivity contribution in [1.29, 1.82) is 0 Å². The van der Waals surface area contributed by atoms with Crippen molar-refractivity contribution in [3.05, 3.63) is 22.5 Å². The van der Waals surface area contributed by atoms with Crippen LogP contribution in [0, 0.1) is 11.8 Å². The van der Waals surface area contributed by atoms with Gasteiger partial charge in [0.05, 0.1) is 0 Å². The third-order valence-electron chi connectivity index (χ3n) is 4.19. The number of thioether (sulfide) groups is 1. The van der Waals surface area contributed by atoms with Gasteiger partial charge in [-0.2, -0.15) is 11.8 Å². The first kappa shape index (κ1) is 15.2. The molecule has 0 bridgehead atoms. The van der Waals surface area contributed by atoms with Crippen LogP contribution in [0.2, 0.25) is 0 Å². The van der Waals surface area contributed by atoms with E-state index in [2.05, 4.69) is 14.7 Å². The third-order valence-corrected chi connectivity index (χ3v) is 5.35. The van der Waals surface area contributed by atoms with Crippen LogP contribution in [0.15, 0.2) is 15.5 Å². The minimum Gasteiger partial charge on any atom is -0.416 e. The summed E-state index contributed by atoms with van der Waals surface area (Å²) in [6, 6.07) is 0. The second-order valence-corrected chi connectivity index (χ2v) is 6.92. The number of hydrogen-bond acceptors (Lipinski definition) is 5. The number of likely N-dealkylation sites (tertiary alicyclic amines) is 1. The smallest absolute Gasteiger partial charge is 0.416 e. The Balaban J connectivity index is 1.46.